The van der Waals surface area contributed by atoms with E-state index < -0.39 is 5.60 Å². The Kier molecular flexibility index (Phi) is 4.92. The summed E-state index contributed by atoms with van der Waals surface area (Å²) < 4.78 is 0. The van der Waals surface area contributed by atoms with Crippen molar-refractivity contribution in [3.8, 4) is 0 Å². The van der Waals surface area contributed by atoms with E-state index in [-0.39, 0.29) is 10.8 Å². The second-order valence-electron chi connectivity index (χ2n) is 8.98. The van der Waals surface area contributed by atoms with Crippen molar-refractivity contribution in [3.05, 3.63) is 11.6 Å². The van der Waals surface area contributed by atoms with Crippen molar-refractivity contribution < 1.29 is 9.90 Å². The number of fused-ring (bicyclic) bond motifs is 1. The fourth-order valence-corrected chi connectivity index (χ4v) is 4.80. The van der Waals surface area contributed by atoms with Crippen molar-refractivity contribution in [1.82, 2.24) is 0 Å². The van der Waals surface area contributed by atoms with Crippen LogP contribution in [0.4, 0.5) is 0 Å². The molecule has 0 heterocycles. The zero-order valence-corrected chi connectivity index (χ0v) is 15.1. The fraction of sp³-hybridized carbons (Fsp3) is 0.850. The lowest BCUT2D eigenvalue weighted by molar-refractivity contribution is -0.110. The lowest BCUT2D eigenvalue weighted by atomic mass is 9.51. The third-order valence-corrected chi connectivity index (χ3v) is 6.74. The zero-order valence-electron chi connectivity index (χ0n) is 15.1. The largest absolute Gasteiger partial charge is 0.390 e. The van der Waals surface area contributed by atoms with Crippen LogP contribution in [0.1, 0.15) is 79.6 Å². The number of hydrogen-bond donors (Lipinski definition) is 1. The van der Waals surface area contributed by atoms with Gasteiger partial charge in [-0.1, -0.05) is 32.4 Å². The minimum atomic E-state index is -0.600. The van der Waals surface area contributed by atoms with Crippen LogP contribution >= 0.6 is 0 Å². The molecule has 0 spiro atoms. The summed E-state index contributed by atoms with van der Waals surface area (Å²) in [6.45, 7) is 10.9. The van der Waals surface area contributed by atoms with E-state index in [2.05, 4.69) is 26.8 Å². The van der Waals surface area contributed by atoms with Gasteiger partial charge in [0.1, 0.15) is 6.29 Å². The summed E-state index contributed by atoms with van der Waals surface area (Å²) in [4.78, 5) is 11.2. The summed E-state index contributed by atoms with van der Waals surface area (Å²) in [5, 5.41) is 10.2. The molecule has 0 aliphatic heterocycles. The maximum atomic E-state index is 11.2. The van der Waals surface area contributed by atoms with E-state index in [1.54, 1.807) is 5.57 Å². The predicted octanol–water partition coefficient (Wildman–Crippen LogP) is 4.91. The molecule has 2 nitrogen and oxygen atoms in total. The Balaban J connectivity index is 2.29. The minimum absolute atomic E-state index is 0.141. The van der Waals surface area contributed by atoms with E-state index in [1.165, 1.54) is 12.8 Å². The Morgan fingerprint density at radius 3 is 2.64 bits per heavy atom. The molecule has 2 aliphatic carbocycles. The molecule has 2 heteroatoms. The summed E-state index contributed by atoms with van der Waals surface area (Å²) in [6, 6.07) is 0. The highest BCUT2D eigenvalue weighted by Gasteiger charge is 2.49. The molecule has 1 saturated carbocycles. The van der Waals surface area contributed by atoms with Crippen LogP contribution in [-0.2, 0) is 4.79 Å². The van der Waals surface area contributed by atoms with Crippen LogP contribution in [0.15, 0.2) is 11.6 Å². The van der Waals surface area contributed by atoms with Gasteiger partial charge in [0.25, 0.3) is 0 Å². The first-order chi connectivity index (χ1) is 10.1. The molecule has 1 fully saturated rings. The number of aliphatic hydroxyl groups is 1. The van der Waals surface area contributed by atoms with Crippen molar-refractivity contribution in [3.63, 3.8) is 0 Å². The second-order valence-corrected chi connectivity index (χ2v) is 8.98. The number of aldehydes is 1. The topological polar surface area (TPSA) is 37.3 Å². The Labute approximate surface area is 136 Å². The molecule has 0 bridgehead atoms. The van der Waals surface area contributed by atoms with Gasteiger partial charge in [0.15, 0.2) is 0 Å². The lowest BCUT2D eigenvalue weighted by Crippen LogP contribution is -2.44. The number of carbonyl (C=O) groups excluding carboxylic acids is 1. The van der Waals surface area contributed by atoms with Crippen LogP contribution < -0.4 is 0 Å². The molecular weight excluding hydrogens is 272 g/mol. The molecule has 22 heavy (non-hydrogen) atoms. The summed E-state index contributed by atoms with van der Waals surface area (Å²) in [6.07, 6.45) is 10.8. The third kappa shape index (κ3) is 3.32. The van der Waals surface area contributed by atoms with Gasteiger partial charge in [-0.15, -0.1) is 0 Å². The van der Waals surface area contributed by atoms with Crippen molar-refractivity contribution >= 4 is 6.29 Å². The Morgan fingerprint density at radius 1 is 1.36 bits per heavy atom. The smallest absolute Gasteiger partial charge is 0.120 e. The van der Waals surface area contributed by atoms with Gasteiger partial charge in [-0.3, -0.25) is 0 Å². The fourth-order valence-electron chi connectivity index (χ4n) is 4.80. The van der Waals surface area contributed by atoms with Crippen LogP contribution in [0, 0.1) is 22.7 Å². The first-order valence-corrected chi connectivity index (χ1v) is 8.99. The van der Waals surface area contributed by atoms with Crippen molar-refractivity contribution in [2.45, 2.75) is 85.2 Å². The average molecular weight is 306 g/mol. The second kappa shape index (κ2) is 6.11. The highest BCUT2D eigenvalue weighted by atomic mass is 16.3. The monoisotopic (exact) mass is 306 g/mol. The van der Waals surface area contributed by atoms with E-state index >= 15 is 0 Å². The van der Waals surface area contributed by atoms with Crippen LogP contribution in [-0.4, -0.2) is 17.0 Å². The molecule has 1 N–H and O–H groups in total. The molecule has 2 aliphatic rings. The first-order valence-electron chi connectivity index (χ1n) is 8.99. The third-order valence-electron chi connectivity index (χ3n) is 6.74. The molecule has 2 rings (SSSR count). The van der Waals surface area contributed by atoms with Gasteiger partial charge in [-0.2, -0.15) is 0 Å². The maximum Gasteiger partial charge on any atom is 0.120 e. The van der Waals surface area contributed by atoms with Crippen molar-refractivity contribution in [1.29, 1.82) is 0 Å². The summed E-state index contributed by atoms with van der Waals surface area (Å²) in [7, 11) is 0. The minimum Gasteiger partial charge on any atom is -0.390 e. The number of carbonyl (C=O) groups is 1. The van der Waals surface area contributed by atoms with Crippen LogP contribution in [0.25, 0.3) is 0 Å². The zero-order chi connectivity index (χ0) is 16.6. The van der Waals surface area contributed by atoms with Crippen molar-refractivity contribution in [2.24, 2.45) is 22.7 Å². The molecule has 0 amide bonds. The van der Waals surface area contributed by atoms with Gasteiger partial charge in [0.2, 0.25) is 0 Å². The van der Waals surface area contributed by atoms with Gasteiger partial charge in [0, 0.05) is 6.42 Å². The van der Waals surface area contributed by atoms with Gasteiger partial charge in [-0.05, 0) is 75.0 Å². The number of allylic oxidation sites excluding steroid dienone is 2. The Bertz CT molecular complexity index is 445. The first kappa shape index (κ1) is 17.7. The van der Waals surface area contributed by atoms with Gasteiger partial charge < -0.3 is 9.90 Å². The molecule has 0 aromatic rings. The molecule has 0 saturated heterocycles. The van der Waals surface area contributed by atoms with Crippen molar-refractivity contribution in [2.75, 3.05) is 0 Å². The molecular formula is C20H34O2. The highest BCUT2D eigenvalue weighted by Crippen LogP contribution is 2.59. The molecule has 0 aromatic heterocycles. The standard InChI is InChI=1S/C20H34O2/c1-15-8-9-16-17(7-6-10-19(16,4)13-14-21)20(15,5)12-11-18(2,3)22/h7,14-16,22H,6,8-13H2,1-5H3/t15-,16+,19-,20+/m1/s1. The number of rotatable bonds is 5. The van der Waals surface area contributed by atoms with E-state index in [4.69, 9.17) is 0 Å². The van der Waals surface area contributed by atoms with Gasteiger partial charge in [0.05, 0.1) is 5.60 Å². The summed E-state index contributed by atoms with van der Waals surface area (Å²) in [5.74, 6) is 1.20. The van der Waals surface area contributed by atoms with Gasteiger partial charge >= 0.3 is 0 Å². The molecule has 0 radical (unpaired) electrons. The quantitative estimate of drug-likeness (QED) is 0.579. The van der Waals surface area contributed by atoms with E-state index in [0.717, 1.165) is 32.0 Å². The van der Waals surface area contributed by atoms with Crippen LogP contribution in [0.3, 0.4) is 0 Å². The lowest BCUT2D eigenvalue weighted by Gasteiger charge is -2.54. The maximum absolute atomic E-state index is 11.2. The van der Waals surface area contributed by atoms with Crippen LogP contribution in [0.5, 0.6) is 0 Å². The normalized spacial score (nSPS) is 39.1. The summed E-state index contributed by atoms with van der Waals surface area (Å²) in [5.41, 5.74) is 1.30. The Morgan fingerprint density at radius 2 is 2.05 bits per heavy atom. The van der Waals surface area contributed by atoms with Crippen LogP contribution in [0.2, 0.25) is 0 Å². The predicted molar refractivity (Wildman–Crippen MR) is 91.6 cm³/mol. The van der Waals surface area contributed by atoms with Gasteiger partial charge in [-0.25, -0.2) is 0 Å². The average Bonchev–Trinajstić information content (AvgIpc) is 2.41. The molecule has 0 unspecified atom stereocenters. The Hall–Kier alpha value is -0.630. The molecule has 126 valence electrons. The molecule has 0 aromatic carbocycles. The van der Waals surface area contributed by atoms with E-state index in [0.29, 0.717) is 18.3 Å². The highest BCUT2D eigenvalue weighted by molar-refractivity contribution is 5.51. The summed E-state index contributed by atoms with van der Waals surface area (Å²) >= 11 is 0. The molecule has 4 atom stereocenters. The SMILES string of the molecule is C[C@@H]1CC[C@H]2C(=CCC[C@]2(C)CC=O)[C@@]1(C)CCC(C)(C)O. The van der Waals surface area contributed by atoms with E-state index in [1.807, 2.05) is 13.8 Å². The number of hydrogen-bond acceptors (Lipinski definition) is 2. The van der Waals surface area contributed by atoms with E-state index in [9.17, 15) is 9.90 Å².